The first-order chi connectivity index (χ1) is 8.79. The lowest BCUT2D eigenvalue weighted by atomic mass is 10.1. The Labute approximate surface area is 105 Å². The second-order valence-corrected chi connectivity index (χ2v) is 4.48. The van der Waals surface area contributed by atoms with Crippen molar-refractivity contribution in [2.45, 2.75) is 26.3 Å². The minimum absolute atomic E-state index is 0.0455. The number of rotatable bonds is 2. The molecule has 1 aromatic heterocycles. The molecule has 0 unspecified atom stereocenters. The summed E-state index contributed by atoms with van der Waals surface area (Å²) in [4.78, 5) is 12.1. The van der Waals surface area contributed by atoms with Gasteiger partial charge in [0.05, 0.1) is 0 Å². The first-order valence-corrected chi connectivity index (χ1v) is 6.24. The fraction of sp³-hybridized carbons (Fsp3) is 0.286. The average molecular weight is 241 g/mol. The highest BCUT2D eigenvalue weighted by molar-refractivity contribution is 5.65. The van der Waals surface area contributed by atoms with E-state index in [0.717, 1.165) is 17.8 Å². The Morgan fingerprint density at radius 2 is 2.17 bits per heavy atom. The third-order valence-corrected chi connectivity index (χ3v) is 3.18. The van der Waals surface area contributed by atoms with E-state index < -0.39 is 0 Å². The predicted octanol–water partition coefficient (Wildman–Crippen LogP) is 1.99. The molecule has 92 valence electrons. The van der Waals surface area contributed by atoms with Gasteiger partial charge in [-0.05, 0) is 23.6 Å². The van der Waals surface area contributed by atoms with E-state index in [1.807, 2.05) is 31.3 Å². The van der Waals surface area contributed by atoms with Crippen LogP contribution in [0.15, 0.2) is 29.1 Å². The van der Waals surface area contributed by atoms with Crippen molar-refractivity contribution in [3.63, 3.8) is 0 Å². The largest absolute Gasteiger partial charge is 0.350 e. The lowest BCUT2D eigenvalue weighted by molar-refractivity contribution is 0.576. The van der Waals surface area contributed by atoms with Crippen LogP contribution in [0.1, 0.15) is 30.3 Å². The van der Waals surface area contributed by atoms with Crippen LogP contribution in [0.5, 0.6) is 0 Å². The van der Waals surface area contributed by atoms with Gasteiger partial charge in [-0.2, -0.15) is 5.10 Å². The molecule has 3 rings (SSSR count). The molecule has 1 aliphatic rings. The molecule has 0 amide bonds. The molecule has 1 aliphatic heterocycles. The molecule has 0 aliphatic carbocycles. The van der Waals surface area contributed by atoms with E-state index in [1.165, 1.54) is 5.56 Å². The minimum Gasteiger partial charge on any atom is -0.253 e. The summed E-state index contributed by atoms with van der Waals surface area (Å²) in [7, 11) is 0. The van der Waals surface area contributed by atoms with Gasteiger partial charge in [-0.3, -0.25) is 4.57 Å². The Balaban J connectivity index is 2.11. The quantitative estimate of drug-likeness (QED) is 0.688. The molecule has 2 heterocycles. The fourth-order valence-corrected chi connectivity index (χ4v) is 2.28. The van der Waals surface area contributed by atoms with Crippen molar-refractivity contribution >= 4 is 12.3 Å². The maximum Gasteiger partial charge on any atom is 0.350 e. The second-order valence-electron chi connectivity index (χ2n) is 4.48. The molecule has 0 spiro atoms. The van der Waals surface area contributed by atoms with E-state index in [0.29, 0.717) is 13.0 Å². The Bertz CT molecular complexity index is 664. The lowest BCUT2D eigenvalue weighted by Crippen LogP contribution is -2.22. The molecular formula is C14H15N3O. The maximum absolute atomic E-state index is 12.1. The molecule has 0 fully saturated rings. The van der Waals surface area contributed by atoms with Crippen LogP contribution in [-0.4, -0.2) is 14.3 Å². The maximum atomic E-state index is 12.1. The molecule has 2 aromatic rings. The summed E-state index contributed by atoms with van der Waals surface area (Å²) in [6.45, 7) is 2.72. The van der Waals surface area contributed by atoms with E-state index >= 15 is 0 Å². The molecular weight excluding hydrogens is 226 g/mol. The van der Waals surface area contributed by atoms with Crippen LogP contribution in [0.4, 0.5) is 0 Å². The van der Waals surface area contributed by atoms with Gasteiger partial charge in [-0.1, -0.05) is 31.2 Å². The fourth-order valence-electron chi connectivity index (χ4n) is 2.28. The molecule has 0 atom stereocenters. The Kier molecular flexibility index (Phi) is 2.63. The molecule has 0 bridgehead atoms. The van der Waals surface area contributed by atoms with Crippen molar-refractivity contribution < 1.29 is 0 Å². The lowest BCUT2D eigenvalue weighted by Gasteiger charge is -2.01. The van der Waals surface area contributed by atoms with Gasteiger partial charge in [-0.25, -0.2) is 9.48 Å². The van der Waals surface area contributed by atoms with E-state index in [-0.39, 0.29) is 5.69 Å². The first-order valence-electron chi connectivity index (χ1n) is 6.24. The van der Waals surface area contributed by atoms with Gasteiger partial charge in [0.15, 0.2) is 0 Å². The predicted molar refractivity (Wildman–Crippen MR) is 71.3 cm³/mol. The third-order valence-electron chi connectivity index (χ3n) is 3.18. The number of hydrogen-bond donors (Lipinski definition) is 0. The number of benzene rings is 1. The van der Waals surface area contributed by atoms with Crippen LogP contribution in [0.2, 0.25) is 0 Å². The van der Waals surface area contributed by atoms with Crippen LogP contribution in [0, 0.1) is 0 Å². The standard InChI is InChI=1S/C14H15N3O/c1-2-8-17-14(18)16-9-7-11-5-3-4-6-12(11)10-13(16)15-17/h3-7,9H,2,8,10H2,1H3. The number of fused-ring (bicyclic) bond motifs is 2. The van der Waals surface area contributed by atoms with Gasteiger partial charge >= 0.3 is 5.69 Å². The highest BCUT2D eigenvalue weighted by Crippen LogP contribution is 2.18. The monoisotopic (exact) mass is 241 g/mol. The van der Waals surface area contributed by atoms with Crippen molar-refractivity contribution in [3.05, 3.63) is 51.7 Å². The molecule has 0 radical (unpaired) electrons. The van der Waals surface area contributed by atoms with Crippen molar-refractivity contribution in [1.29, 1.82) is 0 Å². The summed E-state index contributed by atoms with van der Waals surface area (Å²) in [6.07, 6.45) is 5.42. The zero-order valence-corrected chi connectivity index (χ0v) is 10.3. The van der Waals surface area contributed by atoms with Gasteiger partial charge in [0.25, 0.3) is 0 Å². The zero-order chi connectivity index (χ0) is 12.5. The highest BCUT2D eigenvalue weighted by atomic mass is 16.2. The third kappa shape index (κ3) is 1.70. The Morgan fingerprint density at radius 3 is 3.00 bits per heavy atom. The van der Waals surface area contributed by atoms with Crippen LogP contribution in [-0.2, 0) is 13.0 Å². The van der Waals surface area contributed by atoms with E-state index in [4.69, 9.17) is 0 Å². The normalized spacial score (nSPS) is 12.9. The SMILES string of the molecule is CCCn1nc2n(c1=O)C=Cc1ccccc1C2. The second kappa shape index (κ2) is 4.29. The number of aromatic nitrogens is 3. The van der Waals surface area contributed by atoms with Crippen molar-refractivity contribution in [2.75, 3.05) is 0 Å². The minimum atomic E-state index is -0.0455. The van der Waals surface area contributed by atoms with Crippen molar-refractivity contribution in [1.82, 2.24) is 14.3 Å². The first kappa shape index (κ1) is 11.0. The smallest absolute Gasteiger partial charge is 0.253 e. The van der Waals surface area contributed by atoms with Crippen molar-refractivity contribution in [3.8, 4) is 0 Å². The topological polar surface area (TPSA) is 39.8 Å². The highest BCUT2D eigenvalue weighted by Gasteiger charge is 2.15. The van der Waals surface area contributed by atoms with Crippen molar-refractivity contribution in [2.24, 2.45) is 0 Å². The molecule has 0 saturated carbocycles. The van der Waals surface area contributed by atoms with Gasteiger partial charge in [0.2, 0.25) is 0 Å². The average Bonchev–Trinajstić information content (AvgIpc) is 2.58. The molecule has 18 heavy (non-hydrogen) atoms. The van der Waals surface area contributed by atoms with Crippen LogP contribution < -0.4 is 5.69 Å². The summed E-state index contributed by atoms with van der Waals surface area (Å²) < 4.78 is 3.20. The number of hydrogen-bond acceptors (Lipinski definition) is 2. The van der Waals surface area contributed by atoms with E-state index in [2.05, 4.69) is 17.2 Å². The summed E-state index contributed by atoms with van der Waals surface area (Å²) in [5.74, 6) is 0.814. The Morgan fingerprint density at radius 1 is 1.33 bits per heavy atom. The van der Waals surface area contributed by atoms with Gasteiger partial charge in [0.1, 0.15) is 5.82 Å². The number of aryl methyl sites for hydroxylation is 1. The van der Waals surface area contributed by atoms with Crippen LogP contribution in [0.3, 0.4) is 0 Å². The van der Waals surface area contributed by atoms with Gasteiger partial charge in [0, 0.05) is 19.2 Å². The molecule has 0 N–H and O–H groups in total. The van der Waals surface area contributed by atoms with Crippen LogP contribution in [0.25, 0.3) is 12.3 Å². The molecule has 1 aromatic carbocycles. The Hall–Kier alpha value is -2.10. The van der Waals surface area contributed by atoms with Gasteiger partial charge in [-0.15, -0.1) is 0 Å². The summed E-state index contributed by atoms with van der Waals surface area (Å²) in [6, 6.07) is 8.16. The summed E-state index contributed by atoms with van der Waals surface area (Å²) >= 11 is 0. The number of nitrogens with zero attached hydrogens (tertiary/aromatic N) is 3. The summed E-state index contributed by atoms with van der Waals surface area (Å²) in [5.41, 5.74) is 2.32. The van der Waals surface area contributed by atoms with E-state index in [9.17, 15) is 4.79 Å². The van der Waals surface area contributed by atoms with Crippen LogP contribution >= 0.6 is 0 Å². The van der Waals surface area contributed by atoms with E-state index in [1.54, 1.807) is 9.25 Å². The molecule has 4 nitrogen and oxygen atoms in total. The molecule has 4 heteroatoms. The molecule has 0 saturated heterocycles. The van der Waals surface area contributed by atoms with Gasteiger partial charge < -0.3 is 0 Å². The zero-order valence-electron chi connectivity index (χ0n) is 10.3. The summed E-state index contributed by atoms with van der Waals surface area (Å²) in [5, 5.41) is 4.41.